The van der Waals surface area contributed by atoms with Crippen molar-refractivity contribution in [1.82, 2.24) is 4.98 Å². The first kappa shape index (κ1) is 17.6. The van der Waals surface area contributed by atoms with E-state index in [0.717, 1.165) is 24.1 Å². The molecule has 4 heteroatoms. The van der Waals surface area contributed by atoms with Gasteiger partial charge in [0.05, 0.1) is 12.8 Å². The molecule has 0 spiro atoms. The van der Waals surface area contributed by atoms with Crippen molar-refractivity contribution in [3.63, 3.8) is 0 Å². The lowest BCUT2D eigenvalue weighted by molar-refractivity contribution is -0.386. The highest BCUT2D eigenvalue weighted by atomic mass is 16.5. The second-order valence-corrected chi connectivity index (χ2v) is 7.02. The van der Waals surface area contributed by atoms with Crippen molar-refractivity contribution in [2.45, 2.75) is 59.4 Å². The highest BCUT2D eigenvalue weighted by molar-refractivity contribution is 5.87. The van der Waals surface area contributed by atoms with Crippen LogP contribution in [0.15, 0.2) is 12.1 Å². The molecule has 1 rings (SSSR count). The number of hydrogen-bond acceptors (Lipinski definition) is 3. The molecule has 0 aliphatic heterocycles. The van der Waals surface area contributed by atoms with E-state index in [4.69, 9.17) is 4.74 Å². The van der Waals surface area contributed by atoms with E-state index in [2.05, 4.69) is 45.3 Å². The first-order valence-electron chi connectivity index (χ1n) is 7.55. The lowest BCUT2D eigenvalue weighted by atomic mass is 9.71. The van der Waals surface area contributed by atoms with E-state index in [9.17, 15) is 4.79 Å². The van der Waals surface area contributed by atoms with Crippen molar-refractivity contribution in [2.24, 2.45) is 5.41 Å². The van der Waals surface area contributed by atoms with Crippen LogP contribution in [0.3, 0.4) is 0 Å². The molecule has 0 radical (unpaired) electrons. The fourth-order valence-corrected chi connectivity index (χ4v) is 2.90. The second kappa shape index (κ2) is 6.56. The Balaban J connectivity index is 3.28. The molecule has 0 aliphatic carbocycles. The largest absolute Gasteiger partial charge is 0.464 e. The van der Waals surface area contributed by atoms with Crippen LogP contribution in [0.5, 0.6) is 0 Å². The van der Waals surface area contributed by atoms with Crippen molar-refractivity contribution < 1.29 is 15.3 Å². The lowest BCUT2D eigenvalue weighted by Gasteiger charge is -2.35. The minimum absolute atomic E-state index is 0.115. The number of aromatic nitrogens is 1. The number of ether oxygens (including phenoxy) is 1. The summed E-state index contributed by atoms with van der Waals surface area (Å²) in [5, 5.41) is 0. The molecule has 0 unspecified atom stereocenters. The van der Waals surface area contributed by atoms with Gasteiger partial charge in [-0.05, 0) is 24.0 Å². The smallest absolute Gasteiger partial charge is 0.356 e. The van der Waals surface area contributed by atoms with Gasteiger partial charge in [-0.3, -0.25) is 0 Å². The lowest BCUT2D eigenvalue weighted by Crippen LogP contribution is -2.48. The maximum atomic E-state index is 11.7. The Hall–Kier alpha value is -1.42. The van der Waals surface area contributed by atoms with E-state index in [-0.39, 0.29) is 10.8 Å². The average Bonchev–Trinajstić information content (AvgIpc) is 2.44. The van der Waals surface area contributed by atoms with Gasteiger partial charge in [0.1, 0.15) is 12.2 Å². The predicted octanol–water partition coefficient (Wildman–Crippen LogP) is 2.71. The van der Waals surface area contributed by atoms with Gasteiger partial charge >= 0.3 is 5.97 Å². The van der Waals surface area contributed by atoms with Gasteiger partial charge in [-0.15, -0.1) is 0 Å². The van der Waals surface area contributed by atoms with Gasteiger partial charge in [0.25, 0.3) is 0 Å². The van der Waals surface area contributed by atoms with Crippen LogP contribution >= 0.6 is 0 Å². The van der Waals surface area contributed by atoms with E-state index in [1.54, 1.807) is 6.07 Å². The first-order chi connectivity index (χ1) is 9.66. The molecule has 4 nitrogen and oxygen atoms in total. The number of carbonyl (C=O) groups is 1. The zero-order valence-electron chi connectivity index (χ0n) is 14.2. The van der Waals surface area contributed by atoms with E-state index in [1.165, 1.54) is 7.11 Å². The van der Waals surface area contributed by atoms with Crippen molar-refractivity contribution in [2.75, 3.05) is 7.11 Å². The third-order valence-corrected chi connectivity index (χ3v) is 4.16. The molecule has 118 valence electrons. The van der Waals surface area contributed by atoms with Crippen LogP contribution in [0, 0.1) is 5.41 Å². The van der Waals surface area contributed by atoms with Crippen LogP contribution in [0.25, 0.3) is 0 Å². The molecule has 1 aromatic heterocycles. The van der Waals surface area contributed by atoms with Gasteiger partial charge in [-0.1, -0.05) is 41.0 Å². The van der Waals surface area contributed by atoms with Crippen molar-refractivity contribution in [1.29, 1.82) is 0 Å². The fourth-order valence-electron chi connectivity index (χ4n) is 2.90. The van der Waals surface area contributed by atoms with Crippen molar-refractivity contribution in [3.05, 3.63) is 29.1 Å². The summed E-state index contributed by atoms with van der Waals surface area (Å²) in [6, 6.07) is 3.67. The van der Waals surface area contributed by atoms with Gasteiger partial charge in [-0.25, -0.2) is 9.78 Å². The molecule has 0 aliphatic rings. The quantitative estimate of drug-likeness (QED) is 0.820. The summed E-state index contributed by atoms with van der Waals surface area (Å²) in [5.41, 5.74) is 6.52. The van der Waals surface area contributed by atoms with Gasteiger partial charge < -0.3 is 10.5 Å². The van der Waals surface area contributed by atoms with Gasteiger partial charge in [0.15, 0.2) is 0 Å². The van der Waals surface area contributed by atoms with Gasteiger partial charge in [0, 0.05) is 11.0 Å². The molecule has 1 heterocycles. The van der Waals surface area contributed by atoms with E-state index in [1.807, 2.05) is 6.07 Å². The molecular weight excluding hydrogens is 264 g/mol. The zero-order chi connectivity index (χ0) is 16.3. The molecule has 0 saturated heterocycles. The first-order valence-corrected chi connectivity index (χ1v) is 7.55. The summed E-state index contributed by atoms with van der Waals surface area (Å²) in [6.07, 6.45) is 2.11. The minimum Gasteiger partial charge on any atom is -0.464 e. The standard InChI is InChI=1S/C17H28N2O2/c1-7-16(2,3)11-17(4,5)14-12(10-18)8-9-13(19-14)15(20)21-6/h8-9H,7,10-11,18H2,1-6H3/p+1. The maximum absolute atomic E-state index is 11.7. The number of rotatable bonds is 6. The van der Waals surface area contributed by atoms with E-state index >= 15 is 0 Å². The maximum Gasteiger partial charge on any atom is 0.356 e. The number of pyridine rings is 1. The van der Waals surface area contributed by atoms with Gasteiger partial charge in [-0.2, -0.15) is 0 Å². The second-order valence-electron chi connectivity index (χ2n) is 7.02. The van der Waals surface area contributed by atoms with Crippen LogP contribution in [-0.4, -0.2) is 18.1 Å². The fraction of sp³-hybridized carbons (Fsp3) is 0.647. The molecule has 1 aromatic rings. The number of carbonyl (C=O) groups excluding carboxylic acids is 1. The third kappa shape index (κ3) is 4.27. The monoisotopic (exact) mass is 293 g/mol. The topological polar surface area (TPSA) is 66.8 Å². The summed E-state index contributed by atoms with van der Waals surface area (Å²) < 4.78 is 4.78. The van der Waals surface area contributed by atoms with Gasteiger partial charge in [0.2, 0.25) is 0 Å². The Morgan fingerprint density at radius 1 is 1.29 bits per heavy atom. The molecule has 0 amide bonds. The third-order valence-electron chi connectivity index (χ3n) is 4.16. The summed E-state index contributed by atoms with van der Waals surface area (Å²) in [5.74, 6) is -0.391. The number of esters is 1. The highest BCUT2D eigenvalue weighted by Crippen LogP contribution is 2.38. The summed E-state index contributed by atoms with van der Waals surface area (Å²) >= 11 is 0. The molecule has 3 N–H and O–H groups in total. The van der Waals surface area contributed by atoms with Crippen LogP contribution in [0.4, 0.5) is 0 Å². The molecule has 0 bridgehead atoms. The molecule has 0 saturated carbocycles. The Morgan fingerprint density at radius 2 is 1.90 bits per heavy atom. The SMILES string of the molecule is CCC(C)(C)CC(C)(C)c1nc(C(=O)OC)ccc1C[NH3+]. The van der Waals surface area contributed by atoms with Crippen LogP contribution in [-0.2, 0) is 16.7 Å². The molecular formula is C17H29N2O2+. The average molecular weight is 293 g/mol. The minimum atomic E-state index is -0.391. The Kier molecular flexibility index (Phi) is 5.51. The van der Waals surface area contributed by atoms with Crippen molar-refractivity contribution >= 4 is 5.97 Å². The Morgan fingerprint density at radius 3 is 2.38 bits per heavy atom. The Labute approximate surface area is 128 Å². The normalized spacial score (nSPS) is 12.3. The molecule has 0 aromatic carbocycles. The number of quaternary nitrogens is 1. The predicted molar refractivity (Wildman–Crippen MR) is 83.9 cm³/mol. The number of methoxy groups -OCH3 is 1. The van der Waals surface area contributed by atoms with Crippen LogP contribution in [0.1, 0.15) is 69.2 Å². The van der Waals surface area contributed by atoms with Crippen molar-refractivity contribution in [3.8, 4) is 0 Å². The summed E-state index contributed by atoms with van der Waals surface area (Å²) in [7, 11) is 1.38. The summed E-state index contributed by atoms with van der Waals surface area (Å²) in [6.45, 7) is 11.8. The number of nitrogens with zero attached hydrogens (tertiary/aromatic N) is 1. The highest BCUT2D eigenvalue weighted by Gasteiger charge is 2.32. The Bertz CT molecular complexity index is 508. The van der Waals surface area contributed by atoms with E-state index in [0.29, 0.717) is 12.2 Å². The van der Waals surface area contributed by atoms with Crippen LogP contribution in [0.2, 0.25) is 0 Å². The van der Waals surface area contributed by atoms with E-state index < -0.39 is 5.97 Å². The molecule has 0 atom stereocenters. The summed E-state index contributed by atoms with van der Waals surface area (Å²) in [4.78, 5) is 16.3. The number of hydrogen-bond donors (Lipinski definition) is 1. The van der Waals surface area contributed by atoms with Crippen LogP contribution < -0.4 is 5.73 Å². The zero-order valence-corrected chi connectivity index (χ0v) is 14.2. The molecule has 21 heavy (non-hydrogen) atoms. The molecule has 0 fully saturated rings.